The van der Waals surface area contributed by atoms with E-state index in [1.165, 1.54) is 23.2 Å². The molecule has 0 radical (unpaired) electrons. The number of anilines is 1. The topological polar surface area (TPSA) is 99.6 Å². The number of nitrogens with zero attached hydrogens (tertiary/aromatic N) is 2. The maximum absolute atomic E-state index is 12.2. The van der Waals surface area contributed by atoms with Gasteiger partial charge in [0.1, 0.15) is 5.69 Å². The number of rotatable bonds is 3. The smallest absolute Gasteiger partial charge is 0.308 e. The fourth-order valence-corrected chi connectivity index (χ4v) is 2.93. The van der Waals surface area contributed by atoms with E-state index < -0.39 is 11.9 Å². The van der Waals surface area contributed by atoms with E-state index in [1.54, 1.807) is 5.38 Å². The van der Waals surface area contributed by atoms with Crippen LogP contribution in [0, 0.1) is 11.8 Å². The van der Waals surface area contributed by atoms with Gasteiger partial charge in [0.2, 0.25) is 5.91 Å². The second-order valence-electron chi connectivity index (χ2n) is 4.85. The first-order chi connectivity index (χ1) is 9.38. The first-order valence-corrected chi connectivity index (χ1v) is 7.01. The van der Waals surface area contributed by atoms with E-state index in [2.05, 4.69) is 10.3 Å². The third-order valence-corrected chi connectivity index (χ3v) is 3.98. The van der Waals surface area contributed by atoms with Crippen LogP contribution >= 0.6 is 11.3 Å². The normalized spacial score (nSPS) is 21.8. The van der Waals surface area contributed by atoms with Crippen LogP contribution in [0.3, 0.4) is 0 Å². The Bertz CT molecular complexity index is 557. The van der Waals surface area contributed by atoms with E-state index in [1.807, 2.05) is 6.92 Å². The Morgan fingerprint density at radius 2 is 2.15 bits per heavy atom. The molecule has 2 amide bonds. The number of amides is 2. The van der Waals surface area contributed by atoms with E-state index >= 15 is 0 Å². The van der Waals surface area contributed by atoms with Gasteiger partial charge in [-0.3, -0.25) is 14.4 Å². The molecule has 0 spiro atoms. The summed E-state index contributed by atoms with van der Waals surface area (Å²) < 4.78 is 0. The van der Waals surface area contributed by atoms with Crippen LogP contribution in [0.1, 0.15) is 24.3 Å². The van der Waals surface area contributed by atoms with E-state index in [0.717, 1.165) is 0 Å². The molecule has 2 N–H and O–H groups in total. The van der Waals surface area contributed by atoms with Crippen molar-refractivity contribution in [1.29, 1.82) is 0 Å². The maximum atomic E-state index is 12.2. The molecule has 2 atom stereocenters. The molecule has 0 unspecified atom stereocenters. The summed E-state index contributed by atoms with van der Waals surface area (Å²) in [7, 11) is 0. The number of aromatic nitrogens is 1. The number of carboxylic acid groups (broad SMARTS) is 1. The highest BCUT2D eigenvalue weighted by Gasteiger charge is 2.37. The molecule has 1 saturated heterocycles. The van der Waals surface area contributed by atoms with Gasteiger partial charge in [0, 0.05) is 25.4 Å². The molecule has 1 aliphatic rings. The number of nitrogens with one attached hydrogen (secondary N) is 1. The lowest BCUT2D eigenvalue weighted by Crippen LogP contribution is -2.30. The van der Waals surface area contributed by atoms with Crippen LogP contribution in [0.4, 0.5) is 5.13 Å². The lowest BCUT2D eigenvalue weighted by atomic mass is 9.99. The molecule has 2 rings (SSSR count). The van der Waals surface area contributed by atoms with Crippen molar-refractivity contribution in [2.24, 2.45) is 11.8 Å². The van der Waals surface area contributed by atoms with Crippen molar-refractivity contribution in [1.82, 2.24) is 9.88 Å². The first kappa shape index (κ1) is 14.4. The molecule has 7 nitrogen and oxygen atoms in total. The Labute approximate surface area is 119 Å². The summed E-state index contributed by atoms with van der Waals surface area (Å²) in [6.07, 6.45) is 0. The minimum Gasteiger partial charge on any atom is -0.481 e. The molecule has 1 fully saturated rings. The standard InChI is InChI=1S/C12H15N3O4S/c1-6-3-15(4-8(6)11(18)19)10(17)9-5-20-12(14-9)13-7(2)16/h5-6,8H,3-4H2,1-2H3,(H,18,19)(H,13,14,16)/t6-,8-/m1/s1. The van der Waals surface area contributed by atoms with Crippen molar-refractivity contribution in [3.8, 4) is 0 Å². The molecule has 1 aromatic heterocycles. The van der Waals surface area contributed by atoms with Gasteiger partial charge in [-0.2, -0.15) is 0 Å². The Morgan fingerprint density at radius 3 is 2.70 bits per heavy atom. The van der Waals surface area contributed by atoms with E-state index in [0.29, 0.717) is 11.7 Å². The van der Waals surface area contributed by atoms with Gasteiger partial charge in [0.05, 0.1) is 5.92 Å². The molecule has 20 heavy (non-hydrogen) atoms. The zero-order valence-electron chi connectivity index (χ0n) is 11.1. The van der Waals surface area contributed by atoms with Gasteiger partial charge >= 0.3 is 5.97 Å². The second kappa shape index (κ2) is 5.58. The molecule has 0 aliphatic carbocycles. The lowest BCUT2D eigenvalue weighted by molar-refractivity contribution is -0.142. The van der Waals surface area contributed by atoms with E-state index in [-0.39, 0.29) is 30.0 Å². The molecule has 108 valence electrons. The summed E-state index contributed by atoms with van der Waals surface area (Å²) in [5.74, 6) is -2.05. The predicted octanol–water partition coefficient (Wildman–Crippen LogP) is 0.894. The van der Waals surface area contributed by atoms with Crippen LogP contribution < -0.4 is 5.32 Å². The fraction of sp³-hybridized carbons (Fsp3) is 0.500. The van der Waals surface area contributed by atoms with E-state index in [9.17, 15) is 14.4 Å². The van der Waals surface area contributed by atoms with Crippen molar-refractivity contribution < 1.29 is 19.5 Å². The van der Waals surface area contributed by atoms with Crippen molar-refractivity contribution in [2.45, 2.75) is 13.8 Å². The van der Waals surface area contributed by atoms with E-state index in [4.69, 9.17) is 5.11 Å². The van der Waals surface area contributed by atoms with Crippen LogP contribution in [-0.4, -0.2) is 45.9 Å². The highest BCUT2D eigenvalue weighted by molar-refractivity contribution is 7.14. The third-order valence-electron chi connectivity index (χ3n) is 3.22. The number of hydrogen-bond acceptors (Lipinski definition) is 5. The number of likely N-dealkylation sites (tertiary alicyclic amines) is 1. The number of carboxylic acids is 1. The van der Waals surface area contributed by atoms with Crippen molar-refractivity contribution in [2.75, 3.05) is 18.4 Å². The zero-order valence-corrected chi connectivity index (χ0v) is 11.9. The Kier molecular flexibility index (Phi) is 4.03. The minimum atomic E-state index is -0.884. The number of carbonyl (C=O) groups is 3. The van der Waals surface area contributed by atoms with Gasteiger partial charge in [-0.25, -0.2) is 4.98 Å². The SMILES string of the molecule is CC(=O)Nc1nc(C(=O)N2C[C@@H](C)[C@H](C(=O)O)C2)cs1. The summed E-state index contributed by atoms with van der Waals surface area (Å²) in [5.41, 5.74) is 0.233. The average molecular weight is 297 g/mol. The molecule has 0 bridgehead atoms. The summed E-state index contributed by atoms with van der Waals surface area (Å²) >= 11 is 1.17. The largest absolute Gasteiger partial charge is 0.481 e. The van der Waals surface area contributed by atoms with Crippen molar-refractivity contribution in [3.05, 3.63) is 11.1 Å². The van der Waals surface area contributed by atoms with Crippen LogP contribution in [0.5, 0.6) is 0 Å². The molecule has 0 aromatic carbocycles. The number of carbonyl (C=O) groups excluding carboxylic acids is 2. The van der Waals surface area contributed by atoms with Gasteiger partial charge in [-0.05, 0) is 5.92 Å². The van der Waals surface area contributed by atoms with Gasteiger partial charge in [-0.15, -0.1) is 11.3 Å². The second-order valence-corrected chi connectivity index (χ2v) is 5.71. The highest BCUT2D eigenvalue weighted by atomic mass is 32.1. The van der Waals surface area contributed by atoms with Crippen molar-refractivity contribution >= 4 is 34.3 Å². The summed E-state index contributed by atoms with van der Waals surface area (Å²) in [6.45, 7) is 3.78. The molecule has 8 heteroatoms. The predicted molar refractivity (Wildman–Crippen MR) is 72.6 cm³/mol. The minimum absolute atomic E-state index is 0.0788. The Balaban J connectivity index is 2.07. The number of hydrogen-bond donors (Lipinski definition) is 2. The van der Waals surface area contributed by atoms with Crippen LogP contribution in [0.25, 0.3) is 0 Å². The summed E-state index contributed by atoms with van der Waals surface area (Å²) in [6, 6.07) is 0. The quantitative estimate of drug-likeness (QED) is 0.863. The van der Waals surface area contributed by atoms with Crippen LogP contribution in [-0.2, 0) is 9.59 Å². The Morgan fingerprint density at radius 1 is 1.45 bits per heavy atom. The zero-order chi connectivity index (χ0) is 14.9. The number of thiazole rings is 1. The molecule has 1 aliphatic heterocycles. The molecular formula is C12H15N3O4S. The third kappa shape index (κ3) is 2.96. The highest BCUT2D eigenvalue weighted by Crippen LogP contribution is 2.25. The maximum Gasteiger partial charge on any atom is 0.308 e. The van der Waals surface area contributed by atoms with Gasteiger partial charge < -0.3 is 15.3 Å². The first-order valence-electron chi connectivity index (χ1n) is 6.13. The van der Waals surface area contributed by atoms with Gasteiger partial charge in [0.15, 0.2) is 5.13 Å². The Hall–Kier alpha value is -1.96. The molecule has 1 aromatic rings. The van der Waals surface area contributed by atoms with Gasteiger partial charge in [-0.1, -0.05) is 6.92 Å². The van der Waals surface area contributed by atoms with Gasteiger partial charge in [0.25, 0.3) is 5.91 Å². The summed E-state index contributed by atoms with van der Waals surface area (Å²) in [4.78, 5) is 39.7. The van der Waals surface area contributed by atoms with Crippen LogP contribution in [0.2, 0.25) is 0 Å². The molecule has 2 heterocycles. The van der Waals surface area contributed by atoms with Crippen molar-refractivity contribution in [3.63, 3.8) is 0 Å². The summed E-state index contributed by atoms with van der Waals surface area (Å²) in [5, 5.41) is 13.5. The van der Waals surface area contributed by atoms with Crippen LogP contribution in [0.15, 0.2) is 5.38 Å². The molecule has 0 saturated carbocycles. The monoisotopic (exact) mass is 297 g/mol. The lowest BCUT2D eigenvalue weighted by Gasteiger charge is -2.13. The molecular weight excluding hydrogens is 282 g/mol. The number of aliphatic carboxylic acids is 1. The average Bonchev–Trinajstić information content (AvgIpc) is 2.94. The fourth-order valence-electron chi connectivity index (χ4n) is 2.20.